The third-order valence-electron chi connectivity index (χ3n) is 2.69. The molecule has 2 aromatic carbocycles. The molecule has 0 aliphatic heterocycles. The fourth-order valence-corrected chi connectivity index (χ4v) is 1.66. The van der Waals surface area contributed by atoms with Gasteiger partial charge in [-0.15, -0.1) is 0 Å². The summed E-state index contributed by atoms with van der Waals surface area (Å²) < 4.78 is 18.3. The number of hydrogen-bond donors (Lipinski definition) is 0. The van der Waals surface area contributed by atoms with Crippen molar-refractivity contribution in [3.8, 4) is 5.75 Å². The summed E-state index contributed by atoms with van der Waals surface area (Å²) >= 11 is 0. The highest BCUT2D eigenvalue weighted by Crippen LogP contribution is 2.18. The van der Waals surface area contributed by atoms with Crippen LogP contribution in [0.4, 0.5) is 10.1 Å². The van der Waals surface area contributed by atoms with Crippen LogP contribution in [0.15, 0.2) is 54.0 Å². The number of hydrogen-bond acceptors (Lipinski definition) is 2. The van der Waals surface area contributed by atoms with Gasteiger partial charge in [0, 0.05) is 11.8 Å². The Kier molecular flexibility index (Phi) is 4.08. The molecule has 0 spiro atoms. The Balaban J connectivity index is 2.26. The van der Waals surface area contributed by atoms with Crippen LogP contribution in [0.1, 0.15) is 11.1 Å². The van der Waals surface area contributed by atoms with Crippen molar-refractivity contribution in [2.75, 3.05) is 7.11 Å². The fourth-order valence-electron chi connectivity index (χ4n) is 1.66. The molecule has 2 nitrogen and oxygen atoms in total. The molecule has 0 N–H and O–H groups in total. The molecule has 0 bridgehead atoms. The van der Waals surface area contributed by atoms with Gasteiger partial charge in [0.05, 0.1) is 12.8 Å². The van der Waals surface area contributed by atoms with Crippen molar-refractivity contribution in [3.05, 3.63) is 66.0 Å². The maximum atomic E-state index is 13.2. The zero-order chi connectivity index (χ0) is 13.7. The Bertz CT molecular complexity index is 603. The molecule has 96 valence electrons. The highest BCUT2D eigenvalue weighted by molar-refractivity contribution is 5.87. The van der Waals surface area contributed by atoms with E-state index >= 15 is 0 Å². The highest BCUT2D eigenvalue weighted by Gasteiger charge is 1.99. The number of halogens is 1. The number of aliphatic imine (C=N–C) groups is 1. The van der Waals surface area contributed by atoms with E-state index in [1.54, 1.807) is 25.5 Å². The van der Waals surface area contributed by atoms with E-state index < -0.39 is 0 Å². The summed E-state index contributed by atoms with van der Waals surface area (Å²) in [7, 11) is 1.61. The van der Waals surface area contributed by atoms with Crippen LogP contribution in [-0.2, 0) is 0 Å². The number of ether oxygens (including phenoxy) is 1. The van der Waals surface area contributed by atoms with Gasteiger partial charge in [0.15, 0.2) is 0 Å². The molecular formula is C16H14FNO. The van der Waals surface area contributed by atoms with Crippen LogP contribution in [0.25, 0.3) is 6.08 Å². The number of benzene rings is 2. The molecule has 3 heteroatoms. The molecule has 0 aliphatic rings. The third-order valence-corrected chi connectivity index (χ3v) is 2.69. The molecule has 19 heavy (non-hydrogen) atoms. The van der Waals surface area contributed by atoms with E-state index in [0.717, 1.165) is 17.0 Å². The molecule has 0 saturated carbocycles. The maximum absolute atomic E-state index is 13.2. The van der Waals surface area contributed by atoms with Crippen molar-refractivity contribution >= 4 is 18.0 Å². The van der Waals surface area contributed by atoms with Gasteiger partial charge < -0.3 is 4.74 Å². The molecule has 0 heterocycles. The summed E-state index contributed by atoms with van der Waals surface area (Å²) in [5, 5.41) is 0. The van der Waals surface area contributed by atoms with Crippen LogP contribution in [0, 0.1) is 5.82 Å². The zero-order valence-electron chi connectivity index (χ0n) is 10.6. The van der Waals surface area contributed by atoms with Gasteiger partial charge in [0.1, 0.15) is 11.6 Å². The normalized spacial score (nSPS) is 10.6. The smallest absolute Gasteiger partial charge is 0.123 e. The van der Waals surface area contributed by atoms with Gasteiger partial charge in [-0.1, -0.05) is 18.7 Å². The number of nitrogens with zero attached hydrogens (tertiary/aromatic N) is 1. The van der Waals surface area contributed by atoms with E-state index in [9.17, 15) is 4.39 Å². The van der Waals surface area contributed by atoms with E-state index in [2.05, 4.69) is 11.6 Å². The fraction of sp³-hybridized carbons (Fsp3) is 0.0625. The van der Waals surface area contributed by atoms with Crippen molar-refractivity contribution in [1.82, 2.24) is 0 Å². The van der Waals surface area contributed by atoms with Gasteiger partial charge in [0.2, 0.25) is 0 Å². The van der Waals surface area contributed by atoms with Crippen LogP contribution in [0.2, 0.25) is 0 Å². The Morgan fingerprint density at radius 1 is 1.11 bits per heavy atom. The van der Waals surface area contributed by atoms with Gasteiger partial charge in [-0.3, -0.25) is 4.99 Å². The Labute approximate surface area is 111 Å². The molecule has 0 saturated heterocycles. The minimum absolute atomic E-state index is 0.290. The average molecular weight is 255 g/mol. The van der Waals surface area contributed by atoms with Gasteiger partial charge in [0.25, 0.3) is 0 Å². The minimum atomic E-state index is -0.290. The van der Waals surface area contributed by atoms with Crippen LogP contribution in [0.5, 0.6) is 5.75 Å². The molecule has 2 aromatic rings. The van der Waals surface area contributed by atoms with Crippen molar-refractivity contribution < 1.29 is 9.13 Å². The van der Waals surface area contributed by atoms with E-state index in [-0.39, 0.29) is 5.82 Å². The average Bonchev–Trinajstić information content (AvgIpc) is 2.46. The third kappa shape index (κ3) is 3.28. The number of methoxy groups -OCH3 is 1. The lowest BCUT2D eigenvalue weighted by Crippen LogP contribution is -1.88. The zero-order valence-corrected chi connectivity index (χ0v) is 10.6. The first-order chi connectivity index (χ1) is 9.22. The Morgan fingerprint density at radius 2 is 1.84 bits per heavy atom. The maximum Gasteiger partial charge on any atom is 0.123 e. The van der Waals surface area contributed by atoms with Crippen LogP contribution < -0.4 is 4.74 Å². The minimum Gasteiger partial charge on any atom is -0.497 e. The predicted octanol–water partition coefficient (Wildman–Crippen LogP) is 4.23. The molecule has 0 fully saturated rings. The lowest BCUT2D eigenvalue weighted by molar-refractivity contribution is 0.415. The van der Waals surface area contributed by atoms with Gasteiger partial charge in [-0.05, 0) is 42.0 Å². The van der Waals surface area contributed by atoms with Crippen molar-refractivity contribution in [2.45, 2.75) is 0 Å². The largest absolute Gasteiger partial charge is 0.497 e. The SMILES string of the molecule is C=Cc1ccc(F)cc1C=Nc1ccc(OC)cc1. The summed E-state index contributed by atoms with van der Waals surface area (Å²) in [5.74, 6) is 0.485. The van der Waals surface area contributed by atoms with E-state index in [1.807, 2.05) is 24.3 Å². The molecule has 0 amide bonds. The van der Waals surface area contributed by atoms with Crippen LogP contribution in [-0.4, -0.2) is 13.3 Å². The summed E-state index contributed by atoms with van der Waals surface area (Å²) in [6.07, 6.45) is 3.30. The lowest BCUT2D eigenvalue weighted by Gasteiger charge is -2.01. The van der Waals surface area contributed by atoms with Crippen molar-refractivity contribution in [2.24, 2.45) is 4.99 Å². The summed E-state index contributed by atoms with van der Waals surface area (Å²) in [5.41, 5.74) is 2.32. The molecule has 0 unspecified atom stereocenters. The molecule has 0 atom stereocenters. The van der Waals surface area contributed by atoms with Gasteiger partial charge in [-0.25, -0.2) is 4.39 Å². The second-order valence-electron chi connectivity index (χ2n) is 3.93. The number of rotatable bonds is 4. The topological polar surface area (TPSA) is 21.6 Å². The monoisotopic (exact) mass is 255 g/mol. The quantitative estimate of drug-likeness (QED) is 0.749. The second kappa shape index (κ2) is 5.96. The molecular weight excluding hydrogens is 241 g/mol. The van der Waals surface area contributed by atoms with E-state index in [4.69, 9.17) is 4.74 Å². The second-order valence-corrected chi connectivity index (χ2v) is 3.93. The first-order valence-corrected chi connectivity index (χ1v) is 5.83. The standard InChI is InChI=1S/C16H14FNO/c1-3-12-4-5-14(17)10-13(12)11-18-15-6-8-16(19-2)9-7-15/h3-11H,1H2,2H3. The molecule has 0 aromatic heterocycles. The molecule has 0 aliphatic carbocycles. The van der Waals surface area contributed by atoms with Crippen molar-refractivity contribution in [1.29, 1.82) is 0 Å². The summed E-state index contributed by atoms with van der Waals surface area (Å²) in [6.45, 7) is 3.70. The summed E-state index contributed by atoms with van der Waals surface area (Å²) in [4.78, 5) is 4.31. The summed E-state index contributed by atoms with van der Waals surface area (Å²) in [6, 6.07) is 11.8. The first-order valence-electron chi connectivity index (χ1n) is 5.83. The van der Waals surface area contributed by atoms with Crippen molar-refractivity contribution in [3.63, 3.8) is 0 Å². The lowest BCUT2D eigenvalue weighted by atomic mass is 10.1. The van der Waals surface area contributed by atoms with Gasteiger partial charge >= 0.3 is 0 Å². The Hall–Kier alpha value is -2.42. The van der Waals surface area contributed by atoms with E-state index in [0.29, 0.717) is 5.56 Å². The highest BCUT2D eigenvalue weighted by atomic mass is 19.1. The first kappa shape index (κ1) is 13.0. The van der Waals surface area contributed by atoms with Crippen LogP contribution in [0.3, 0.4) is 0 Å². The van der Waals surface area contributed by atoms with E-state index in [1.165, 1.54) is 12.1 Å². The van der Waals surface area contributed by atoms with Crippen LogP contribution >= 0.6 is 0 Å². The molecule has 2 rings (SSSR count). The Morgan fingerprint density at radius 3 is 2.47 bits per heavy atom. The molecule has 0 radical (unpaired) electrons. The predicted molar refractivity (Wildman–Crippen MR) is 76.7 cm³/mol. The van der Waals surface area contributed by atoms with Gasteiger partial charge in [-0.2, -0.15) is 0 Å².